The number of nitrogens with one attached hydrogen (secondary N) is 1. The van der Waals surface area contributed by atoms with Gasteiger partial charge >= 0.3 is 0 Å². The molecule has 3 rings (SSSR count). The van der Waals surface area contributed by atoms with E-state index in [1.807, 2.05) is 13.8 Å². The van der Waals surface area contributed by atoms with Crippen LogP contribution in [-0.2, 0) is 14.8 Å². The third kappa shape index (κ3) is 6.25. The van der Waals surface area contributed by atoms with Crippen LogP contribution in [0.1, 0.15) is 57.4 Å². The lowest BCUT2D eigenvalue weighted by molar-refractivity contribution is -0.120. The lowest BCUT2D eigenvalue weighted by Gasteiger charge is -2.27. The number of amides is 1. The van der Waals surface area contributed by atoms with Gasteiger partial charge in [-0.15, -0.1) is 0 Å². The Labute approximate surface area is 192 Å². The van der Waals surface area contributed by atoms with Gasteiger partial charge in [-0.25, -0.2) is 8.42 Å². The standard InChI is InChI=1S/C25H34N2O4S/c1-3-31-24-14-10-9-13-23(24)27(32(29,30)22-17-15-20(2)16-18-22)19-25(28)26-21-11-7-5-4-6-8-12-21/h9-10,13-18,21H,3-8,11-12,19H2,1-2H3,(H,26,28). The summed E-state index contributed by atoms with van der Waals surface area (Å²) in [6.45, 7) is 3.85. The molecule has 0 radical (unpaired) electrons. The van der Waals surface area contributed by atoms with E-state index in [2.05, 4.69) is 5.32 Å². The van der Waals surface area contributed by atoms with E-state index in [1.165, 1.54) is 23.6 Å². The van der Waals surface area contributed by atoms with E-state index < -0.39 is 10.0 Å². The van der Waals surface area contributed by atoms with Crippen LogP contribution in [0.2, 0.25) is 0 Å². The van der Waals surface area contributed by atoms with Gasteiger partial charge in [0.25, 0.3) is 10.0 Å². The Kier molecular flexibility index (Phi) is 8.56. The van der Waals surface area contributed by atoms with Crippen molar-refractivity contribution < 1.29 is 17.9 Å². The van der Waals surface area contributed by atoms with Gasteiger partial charge in [0.05, 0.1) is 17.2 Å². The maximum absolute atomic E-state index is 13.6. The summed E-state index contributed by atoms with van der Waals surface area (Å²) in [7, 11) is -3.97. The van der Waals surface area contributed by atoms with Crippen LogP contribution in [0, 0.1) is 6.92 Å². The van der Waals surface area contributed by atoms with Gasteiger partial charge in [0.1, 0.15) is 12.3 Å². The van der Waals surface area contributed by atoms with E-state index in [-0.39, 0.29) is 23.4 Å². The maximum atomic E-state index is 13.6. The van der Waals surface area contributed by atoms with Crippen molar-refractivity contribution >= 4 is 21.6 Å². The molecule has 32 heavy (non-hydrogen) atoms. The van der Waals surface area contributed by atoms with Crippen LogP contribution in [-0.4, -0.2) is 33.5 Å². The van der Waals surface area contributed by atoms with Gasteiger partial charge in [-0.1, -0.05) is 61.9 Å². The number of rotatable bonds is 8. The van der Waals surface area contributed by atoms with Crippen molar-refractivity contribution in [3.05, 3.63) is 54.1 Å². The summed E-state index contributed by atoms with van der Waals surface area (Å²) < 4.78 is 34.1. The highest BCUT2D eigenvalue weighted by Gasteiger charge is 2.30. The largest absolute Gasteiger partial charge is 0.492 e. The third-order valence-electron chi connectivity index (χ3n) is 5.80. The number of ether oxygens (including phenoxy) is 1. The first-order chi connectivity index (χ1) is 15.4. The molecular formula is C25H34N2O4S. The van der Waals surface area contributed by atoms with Crippen molar-refractivity contribution in [1.82, 2.24) is 5.32 Å². The van der Waals surface area contributed by atoms with E-state index >= 15 is 0 Å². The Balaban J connectivity index is 1.90. The fourth-order valence-electron chi connectivity index (χ4n) is 4.08. The molecule has 0 heterocycles. The van der Waals surface area contributed by atoms with Crippen LogP contribution in [0.15, 0.2) is 53.4 Å². The zero-order chi connectivity index (χ0) is 23.0. The molecule has 2 aromatic carbocycles. The van der Waals surface area contributed by atoms with Crippen LogP contribution in [0.25, 0.3) is 0 Å². The molecule has 0 aliphatic heterocycles. The number of hydrogen-bond acceptors (Lipinski definition) is 4. The minimum Gasteiger partial charge on any atom is -0.492 e. The van der Waals surface area contributed by atoms with E-state index in [9.17, 15) is 13.2 Å². The summed E-state index contributed by atoms with van der Waals surface area (Å²) in [5.41, 5.74) is 1.33. The number of anilines is 1. The van der Waals surface area contributed by atoms with E-state index in [0.29, 0.717) is 18.0 Å². The second kappa shape index (κ2) is 11.4. The lowest BCUT2D eigenvalue weighted by atomic mass is 9.97. The predicted octanol–water partition coefficient (Wildman–Crippen LogP) is 4.82. The van der Waals surface area contributed by atoms with Crippen molar-refractivity contribution in [2.75, 3.05) is 17.5 Å². The topological polar surface area (TPSA) is 75.7 Å². The Morgan fingerprint density at radius 3 is 2.28 bits per heavy atom. The van der Waals surface area contributed by atoms with Gasteiger partial charge in [0.15, 0.2) is 0 Å². The quantitative estimate of drug-likeness (QED) is 0.615. The Bertz CT molecular complexity index is 981. The second-order valence-corrected chi connectivity index (χ2v) is 10.2. The minimum absolute atomic E-state index is 0.0915. The molecule has 7 heteroatoms. The molecule has 0 unspecified atom stereocenters. The molecule has 0 atom stereocenters. The molecule has 1 amide bonds. The number of para-hydroxylation sites is 2. The number of sulfonamides is 1. The molecule has 174 valence electrons. The average Bonchev–Trinajstić information content (AvgIpc) is 2.75. The molecule has 0 aromatic heterocycles. The van der Waals surface area contributed by atoms with Gasteiger partial charge in [-0.3, -0.25) is 9.10 Å². The Morgan fingerprint density at radius 1 is 1.00 bits per heavy atom. The molecule has 0 spiro atoms. The van der Waals surface area contributed by atoms with Crippen molar-refractivity contribution in [1.29, 1.82) is 0 Å². The molecule has 1 aliphatic carbocycles. The Hall–Kier alpha value is -2.54. The molecule has 1 N–H and O–H groups in total. The van der Waals surface area contributed by atoms with Crippen molar-refractivity contribution in [3.63, 3.8) is 0 Å². The summed E-state index contributed by atoms with van der Waals surface area (Å²) >= 11 is 0. The summed E-state index contributed by atoms with van der Waals surface area (Å²) in [6, 6.07) is 13.7. The maximum Gasteiger partial charge on any atom is 0.264 e. The monoisotopic (exact) mass is 458 g/mol. The normalized spacial score (nSPS) is 15.4. The molecule has 2 aromatic rings. The van der Waals surface area contributed by atoms with Gasteiger partial charge in [0.2, 0.25) is 5.91 Å². The number of benzene rings is 2. The predicted molar refractivity (Wildman–Crippen MR) is 128 cm³/mol. The Morgan fingerprint density at radius 2 is 1.62 bits per heavy atom. The van der Waals surface area contributed by atoms with Crippen LogP contribution in [0.4, 0.5) is 5.69 Å². The van der Waals surface area contributed by atoms with Crippen molar-refractivity contribution in [3.8, 4) is 5.75 Å². The van der Waals surface area contributed by atoms with Crippen LogP contribution < -0.4 is 14.4 Å². The molecule has 1 saturated carbocycles. The summed E-state index contributed by atoms with van der Waals surface area (Å²) in [6.07, 6.45) is 7.66. The zero-order valence-corrected chi connectivity index (χ0v) is 19.9. The first-order valence-corrected chi connectivity index (χ1v) is 13.0. The van der Waals surface area contributed by atoms with Crippen LogP contribution in [0.3, 0.4) is 0 Å². The average molecular weight is 459 g/mol. The lowest BCUT2D eigenvalue weighted by Crippen LogP contribution is -2.44. The highest BCUT2D eigenvalue weighted by molar-refractivity contribution is 7.92. The van der Waals surface area contributed by atoms with Gasteiger partial charge in [-0.2, -0.15) is 0 Å². The second-order valence-electron chi connectivity index (χ2n) is 8.34. The van der Waals surface area contributed by atoms with E-state index in [4.69, 9.17) is 4.74 Å². The smallest absolute Gasteiger partial charge is 0.264 e. The number of carbonyl (C=O) groups excluding carboxylic acids is 1. The third-order valence-corrected chi connectivity index (χ3v) is 7.57. The molecular weight excluding hydrogens is 424 g/mol. The summed E-state index contributed by atoms with van der Waals surface area (Å²) in [5, 5.41) is 3.09. The molecule has 0 saturated heterocycles. The number of hydrogen-bond donors (Lipinski definition) is 1. The van der Waals surface area contributed by atoms with Gasteiger partial charge in [0, 0.05) is 6.04 Å². The molecule has 1 fully saturated rings. The summed E-state index contributed by atoms with van der Waals surface area (Å²) in [5.74, 6) is 0.141. The fourth-order valence-corrected chi connectivity index (χ4v) is 5.51. The van der Waals surface area contributed by atoms with Crippen LogP contribution in [0.5, 0.6) is 5.75 Å². The number of aryl methyl sites for hydroxylation is 1. The first-order valence-electron chi connectivity index (χ1n) is 11.5. The van der Waals surface area contributed by atoms with Crippen molar-refractivity contribution in [2.24, 2.45) is 0 Å². The highest BCUT2D eigenvalue weighted by Crippen LogP contribution is 2.32. The summed E-state index contributed by atoms with van der Waals surface area (Å²) in [4.78, 5) is 13.2. The zero-order valence-electron chi connectivity index (χ0n) is 19.0. The molecule has 0 bridgehead atoms. The minimum atomic E-state index is -3.97. The van der Waals surface area contributed by atoms with Gasteiger partial charge in [-0.05, 0) is 51.0 Å². The fraction of sp³-hybridized carbons (Fsp3) is 0.480. The van der Waals surface area contributed by atoms with Crippen LogP contribution >= 0.6 is 0 Å². The highest BCUT2D eigenvalue weighted by atomic mass is 32.2. The van der Waals surface area contributed by atoms with E-state index in [1.54, 1.807) is 48.5 Å². The first kappa shape index (κ1) is 24.1. The number of carbonyl (C=O) groups is 1. The molecule has 1 aliphatic rings. The number of nitrogens with zero attached hydrogens (tertiary/aromatic N) is 1. The SMILES string of the molecule is CCOc1ccccc1N(CC(=O)NC1CCCCCCC1)S(=O)(=O)c1ccc(C)cc1. The van der Waals surface area contributed by atoms with Gasteiger partial charge < -0.3 is 10.1 Å². The molecule has 6 nitrogen and oxygen atoms in total. The van der Waals surface area contributed by atoms with E-state index in [0.717, 1.165) is 31.2 Å². The van der Waals surface area contributed by atoms with Crippen molar-refractivity contribution in [2.45, 2.75) is 69.7 Å².